The van der Waals surface area contributed by atoms with Gasteiger partial charge in [0.1, 0.15) is 16.9 Å². The van der Waals surface area contributed by atoms with Crippen molar-refractivity contribution in [2.75, 3.05) is 0 Å². The summed E-state index contributed by atoms with van der Waals surface area (Å²) in [6, 6.07) is 0. The van der Waals surface area contributed by atoms with Crippen LogP contribution in [0.2, 0.25) is 0 Å². The lowest BCUT2D eigenvalue weighted by Crippen LogP contribution is -2.26. The maximum Gasteiger partial charge on any atom is 0.419 e. The average molecular weight is 293 g/mol. The van der Waals surface area contributed by atoms with Crippen LogP contribution in [0.4, 0.5) is 13.2 Å². The van der Waals surface area contributed by atoms with E-state index in [0.29, 0.717) is 0 Å². The van der Waals surface area contributed by atoms with Crippen LogP contribution in [0.1, 0.15) is 52.9 Å². The third kappa shape index (κ3) is 3.31. The van der Waals surface area contributed by atoms with Gasteiger partial charge in [-0.1, -0.05) is 0 Å². The van der Waals surface area contributed by atoms with Crippen molar-refractivity contribution in [2.45, 2.75) is 39.5 Å². The molecule has 2 N–H and O–H groups in total. The number of H-pyrrole nitrogens is 1. The Morgan fingerprint density at radius 1 is 1.20 bits per heavy atom. The zero-order chi connectivity index (χ0) is 15.9. The Morgan fingerprint density at radius 3 is 2.05 bits per heavy atom. The van der Waals surface area contributed by atoms with E-state index in [4.69, 9.17) is 9.84 Å². The number of aromatic amines is 1. The van der Waals surface area contributed by atoms with Crippen molar-refractivity contribution < 1.29 is 32.6 Å². The summed E-state index contributed by atoms with van der Waals surface area (Å²) < 4.78 is 43.8. The number of carbonyl (C=O) groups excluding carboxylic acids is 1. The van der Waals surface area contributed by atoms with Crippen molar-refractivity contribution in [2.24, 2.45) is 0 Å². The van der Waals surface area contributed by atoms with Crippen LogP contribution >= 0.6 is 0 Å². The summed E-state index contributed by atoms with van der Waals surface area (Å²) >= 11 is 0. The molecule has 20 heavy (non-hydrogen) atoms. The quantitative estimate of drug-likeness (QED) is 0.821. The molecule has 0 saturated carbocycles. The molecule has 1 heterocycles. The molecule has 1 rings (SSSR count). The first-order chi connectivity index (χ1) is 8.84. The molecule has 112 valence electrons. The van der Waals surface area contributed by atoms with Crippen molar-refractivity contribution >= 4 is 11.9 Å². The lowest BCUT2D eigenvalue weighted by Gasteiger charge is -2.20. The van der Waals surface area contributed by atoms with Crippen LogP contribution in [-0.2, 0) is 10.9 Å². The Balaban J connectivity index is 3.47. The Hall–Kier alpha value is -1.99. The van der Waals surface area contributed by atoms with Crippen molar-refractivity contribution in [3.05, 3.63) is 22.5 Å². The second-order valence-electron chi connectivity index (χ2n) is 5.18. The van der Waals surface area contributed by atoms with Crippen LogP contribution < -0.4 is 0 Å². The largest absolute Gasteiger partial charge is 0.477 e. The molecule has 0 spiro atoms. The predicted molar refractivity (Wildman–Crippen MR) is 62.7 cm³/mol. The minimum absolute atomic E-state index is 0.205. The predicted octanol–water partition coefficient (Wildman–Crippen LogP) is 3.00. The van der Waals surface area contributed by atoms with Gasteiger partial charge in [-0.25, -0.2) is 9.59 Å². The van der Waals surface area contributed by atoms with Gasteiger partial charge in [0.2, 0.25) is 0 Å². The Morgan fingerprint density at radius 2 is 1.70 bits per heavy atom. The normalized spacial score (nSPS) is 12.3. The third-order valence-corrected chi connectivity index (χ3v) is 2.29. The molecule has 0 radical (unpaired) electrons. The average Bonchev–Trinajstić information content (AvgIpc) is 2.52. The van der Waals surface area contributed by atoms with E-state index >= 15 is 0 Å². The smallest absolute Gasteiger partial charge is 0.419 e. The Labute approximate surface area is 112 Å². The molecular formula is C12H14F3NO4. The molecule has 0 aliphatic rings. The lowest BCUT2D eigenvalue weighted by molar-refractivity contribution is -0.138. The van der Waals surface area contributed by atoms with E-state index in [2.05, 4.69) is 4.98 Å². The van der Waals surface area contributed by atoms with Crippen molar-refractivity contribution in [1.82, 2.24) is 4.98 Å². The number of aromatic nitrogens is 1. The van der Waals surface area contributed by atoms with Crippen molar-refractivity contribution in [1.29, 1.82) is 0 Å². The molecule has 5 nitrogen and oxygen atoms in total. The summed E-state index contributed by atoms with van der Waals surface area (Å²) in [7, 11) is 0. The highest BCUT2D eigenvalue weighted by molar-refractivity contribution is 5.98. The van der Waals surface area contributed by atoms with Gasteiger partial charge in [-0.15, -0.1) is 0 Å². The molecule has 0 bridgehead atoms. The fraction of sp³-hybridized carbons (Fsp3) is 0.500. The number of ether oxygens (including phenoxy) is 1. The number of rotatable bonds is 2. The molecule has 0 saturated heterocycles. The van der Waals surface area contributed by atoms with E-state index in [1.165, 1.54) is 27.7 Å². The number of hydrogen-bond acceptors (Lipinski definition) is 3. The summed E-state index contributed by atoms with van der Waals surface area (Å²) in [6.07, 6.45) is -4.98. The van der Waals surface area contributed by atoms with Crippen molar-refractivity contribution in [3.63, 3.8) is 0 Å². The number of aryl methyl sites for hydroxylation is 1. The second kappa shape index (κ2) is 4.84. The van der Waals surface area contributed by atoms with Gasteiger partial charge in [0, 0.05) is 5.69 Å². The van der Waals surface area contributed by atoms with E-state index in [1.54, 1.807) is 0 Å². The van der Waals surface area contributed by atoms with Gasteiger partial charge in [-0.05, 0) is 27.7 Å². The summed E-state index contributed by atoms with van der Waals surface area (Å²) in [6.45, 7) is 5.68. The number of alkyl halides is 3. The monoisotopic (exact) mass is 293 g/mol. The Bertz CT molecular complexity index is 552. The molecule has 0 aliphatic carbocycles. The Kier molecular flexibility index (Phi) is 3.89. The molecule has 1 aromatic rings. The zero-order valence-electron chi connectivity index (χ0n) is 11.3. The van der Waals surface area contributed by atoms with E-state index in [9.17, 15) is 22.8 Å². The number of halogens is 3. The molecule has 0 aromatic carbocycles. The number of nitrogens with one attached hydrogen (secondary N) is 1. The molecule has 8 heteroatoms. The minimum Gasteiger partial charge on any atom is -0.477 e. The number of carboxylic acids is 1. The maximum atomic E-state index is 13.0. The molecule has 0 unspecified atom stereocenters. The molecular weight excluding hydrogens is 279 g/mol. The van der Waals surface area contributed by atoms with Crippen LogP contribution in [0.5, 0.6) is 0 Å². The van der Waals surface area contributed by atoms with E-state index in [1.807, 2.05) is 0 Å². The lowest BCUT2D eigenvalue weighted by atomic mass is 10.1. The maximum absolute atomic E-state index is 13.0. The van der Waals surface area contributed by atoms with Gasteiger partial charge < -0.3 is 14.8 Å². The van der Waals surface area contributed by atoms with Gasteiger partial charge in [0.05, 0.1) is 5.56 Å². The van der Waals surface area contributed by atoms with E-state index in [-0.39, 0.29) is 5.69 Å². The van der Waals surface area contributed by atoms with E-state index in [0.717, 1.165) is 0 Å². The number of aromatic carboxylic acids is 1. The van der Waals surface area contributed by atoms with Crippen molar-refractivity contribution in [3.8, 4) is 0 Å². The highest BCUT2D eigenvalue weighted by atomic mass is 19.4. The fourth-order valence-electron chi connectivity index (χ4n) is 1.65. The summed E-state index contributed by atoms with van der Waals surface area (Å²) in [4.78, 5) is 24.8. The summed E-state index contributed by atoms with van der Waals surface area (Å²) in [5.74, 6) is -3.01. The fourth-order valence-corrected chi connectivity index (χ4v) is 1.65. The zero-order valence-corrected chi connectivity index (χ0v) is 11.3. The first-order valence-corrected chi connectivity index (χ1v) is 5.61. The van der Waals surface area contributed by atoms with E-state index < -0.39 is 40.5 Å². The molecule has 0 amide bonds. The number of carboxylic acid groups (broad SMARTS) is 1. The van der Waals surface area contributed by atoms with Gasteiger partial charge in [-0.2, -0.15) is 13.2 Å². The summed E-state index contributed by atoms with van der Waals surface area (Å²) in [5, 5.41) is 8.80. The second-order valence-corrected chi connectivity index (χ2v) is 5.18. The number of esters is 1. The van der Waals surface area contributed by atoms with Crippen LogP contribution in [0, 0.1) is 6.92 Å². The topological polar surface area (TPSA) is 79.4 Å². The van der Waals surface area contributed by atoms with Gasteiger partial charge in [-0.3, -0.25) is 0 Å². The van der Waals surface area contributed by atoms with Gasteiger partial charge in [0.25, 0.3) is 0 Å². The van der Waals surface area contributed by atoms with Crippen LogP contribution in [0.15, 0.2) is 0 Å². The molecule has 0 aliphatic heterocycles. The molecule has 0 atom stereocenters. The summed E-state index contributed by atoms with van der Waals surface area (Å²) in [5.41, 5.74) is -4.59. The van der Waals surface area contributed by atoms with Crippen LogP contribution in [0.3, 0.4) is 0 Å². The minimum atomic E-state index is -4.98. The molecule has 0 fully saturated rings. The SMILES string of the molecule is Cc1[nH]c(C(=O)O)c(C(F)(F)F)c1C(=O)OC(C)(C)C. The number of carbonyl (C=O) groups is 2. The first kappa shape index (κ1) is 16.1. The molecule has 1 aromatic heterocycles. The van der Waals surface area contributed by atoms with Gasteiger partial charge >= 0.3 is 18.1 Å². The third-order valence-electron chi connectivity index (χ3n) is 2.29. The standard InChI is InChI=1S/C12H14F3NO4/c1-5-6(10(19)20-11(2,3)4)7(12(13,14)15)8(16-5)9(17)18/h16H,1-4H3,(H,17,18). The van der Waals surface area contributed by atoms with Crippen LogP contribution in [0.25, 0.3) is 0 Å². The number of hydrogen-bond donors (Lipinski definition) is 2. The van der Waals surface area contributed by atoms with Gasteiger partial charge in [0.15, 0.2) is 0 Å². The first-order valence-electron chi connectivity index (χ1n) is 5.61. The van der Waals surface area contributed by atoms with Crippen LogP contribution in [-0.4, -0.2) is 27.6 Å². The highest BCUT2D eigenvalue weighted by Crippen LogP contribution is 2.37. The highest BCUT2D eigenvalue weighted by Gasteiger charge is 2.43.